The van der Waals surface area contributed by atoms with Crippen molar-refractivity contribution >= 4 is 0 Å². The van der Waals surface area contributed by atoms with Crippen molar-refractivity contribution in [1.82, 2.24) is 5.32 Å². The summed E-state index contributed by atoms with van der Waals surface area (Å²) in [5.74, 6) is 0.791. The normalized spacial score (nSPS) is 23.3. The number of methoxy groups -OCH3 is 1. The average Bonchev–Trinajstić information content (AvgIpc) is 2.45. The third-order valence-electron chi connectivity index (χ3n) is 4.54. The van der Waals surface area contributed by atoms with E-state index >= 15 is 0 Å². The summed E-state index contributed by atoms with van der Waals surface area (Å²) in [6.45, 7) is 5.24. The van der Waals surface area contributed by atoms with Crippen molar-refractivity contribution in [1.29, 1.82) is 0 Å². The fourth-order valence-electron chi connectivity index (χ4n) is 3.09. The van der Waals surface area contributed by atoms with E-state index in [0.717, 1.165) is 11.3 Å². The van der Waals surface area contributed by atoms with Crippen molar-refractivity contribution in [3.63, 3.8) is 0 Å². The van der Waals surface area contributed by atoms with Crippen LogP contribution in [0.4, 0.5) is 0 Å². The van der Waals surface area contributed by atoms with Gasteiger partial charge in [0.25, 0.3) is 0 Å². The van der Waals surface area contributed by atoms with Gasteiger partial charge in [0.15, 0.2) is 0 Å². The zero-order valence-electron chi connectivity index (χ0n) is 12.9. The minimum atomic E-state index is -0.483. The maximum Gasteiger partial charge on any atom is 0.119 e. The number of hydrogen-bond acceptors (Lipinski definition) is 3. The molecule has 0 radical (unpaired) electrons. The molecule has 0 heterocycles. The van der Waals surface area contributed by atoms with Crippen LogP contribution in [0.25, 0.3) is 0 Å². The lowest BCUT2D eigenvalue weighted by atomic mass is 9.73. The Bertz CT molecular complexity index is 431. The van der Waals surface area contributed by atoms with Gasteiger partial charge in [0.05, 0.1) is 13.2 Å². The van der Waals surface area contributed by atoms with Crippen LogP contribution in [-0.2, 0) is 0 Å². The molecule has 1 aliphatic rings. The van der Waals surface area contributed by atoms with E-state index in [2.05, 4.69) is 19.2 Å². The summed E-state index contributed by atoms with van der Waals surface area (Å²) < 4.78 is 5.20. The molecule has 2 N–H and O–H groups in total. The minimum absolute atomic E-state index is 0.326. The second kappa shape index (κ2) is 6.59. The first-order chi connectivity index (χ1) is 9.53. The summed E-state index contributed by atoms with van der Waals surface area (Å²) in [6.07, 6.45) is 4.60. The highest BCUT2D eigenvalue weighted by Crippen LogP contribution is 2.35. The molecule has 20 heavy (non-hydrogen) atoms. The molecule has 2 atom stereocenters. The second-order valence-corrected chi connectivity index (χ2v) is 6.49. The van der Waals surface area contributed by atoms with Crippen LogP contribution >= 0.6 is 0 Å². The summed E-state index contributed by atoms with van der Waals surface area (Å²) in [5, 5.41) is 13.9. The van der Waals surface area contributed by atoms with E-state index in [1.54, 1.807) is 7.11 Å². The lowest BCUT2D eigenvalue weighted by Gasteiger charge is -2.39. The molecule has 2 rings (SSSR count). The Hall–Kier alpha value is -1.06. The van der Waals surface area contributed by atoms with Gasteiger partial charge in [-0.15, -0.1) is 0 Å². The smallest absolute Gasteiger partial charge is 0.119 e. The van der Waals surface area contributed by atoms with Crippen molar-refractivity contribution in [2.75, 3.05) is 13.7 Å². The zero-order valence-corrected chi connectivity index (χ0v) is 12.9. The molecule has 0 amide bonds. The number of rotatable bonds is 5. The van der Waals surface area contributed by atoms with Crippen molar-refractivity contribution < 1.29 is 9.84 Å². The van der Waals surface area contributed by atoms with E-state index < -0.39 is 6.10 Å². The molecule has 1 aromatic carbocycles. The molecule has 0 spiro atoms. The van der Waals surface area contributed by atoms with Crippen LogP contribution in [0.5, 0.6) is 5.75 Å². The highest BCUT2D eigenvalue weighted by Gasteiger charge is 2.31. The average molecular weight is 277 g/mol. The standard InChI is InChI=1S/C17H27NO2/c1-17(2)10-5-4-9-16(17)18-12-15(19)13-7-6-8-14(11-13)20-3/h6-8,11,15-16,18-19H,4-5,9-10,12H2,1-3H3. The van der Waals surface area contributed by atoms with Crippen LogP contribution in [0.2, 0.25) is 0 Å². The minimum Gasteiger partial charge on any atom is -0.497 e. The van der Waals surface area contributed by atoms with Crippen LogP contribution in [0.15, 0.2) is 24.3 Å². The number of nitrogens with one attached hydrogen (secondary N) is 1. The van der Waals surface area contributed by atoms with Gasteiger partial charge in [-0.2, -0.15) is 0 Å². The lowest BCUT2D eigenvalue weighted by Crippen LogP contribution is -2.45. The Labute approximate surface area is 122 Å². The van der Waals surface area contributed by atoms with Gasteiger partial charge < -0.3 is 15.2 Å². The van der Waals surface area contributed by atoms with Crippen molar-refractivity contribution in [3.8, 4) is 5.75 Å². The third kappa shape index (κ3) is 3.74. The number of aliphatic hydroxyl groups is 1. The Morgan fingerprint density at radius 3 is 2.90 bits per heavy atom. The van der Waals surface area contributed by atoms with Crippen molar-refractivity contribution in [3.05, 3.63) is 29.8 Å². The monoisotopic (exact) mass is 277 g/mol. The molecule has 0 aromatic heterocycles. The topological polar surface area (TPSA) is 41.5 Å². The summed E-state index contributed by atoms with van der Waals surface area (Å²) in [4.78, 5) is 0. The Morgan fingerprint density at radius 2 is 2.20 bits per heavy atom. The molecule has 0 saturated heterocycles. The Kier molecular flexibility index (Phi) is 5.06. The second-order valence-electron chi connectivity index (χ2n) is 6.49. The highest BCUT2D eigenvalue weighted by atomic mass is 16.5. The molecular formula is C17H27NO2. The molecule has 2 unspecified atom stereocenters. The molecule has 1 aromatic rings. The maximum atomic E-state index is 10.3. The van der Waals surface area contributed by atoms with E-state index in [-0.39, 0.29) is 0 Å². The predicted molar refractivity (Wildman–Crippen MR) is 82.0 cm³/mol. The van der Waals surface area contributed by atoms with Gasteiger partial charge in [0.1, 0.15) is 5.75 Å². The predicted octanol–water partition coefficient (Wildman–Crippen LogP) is 3.29. The number of aliphatic hydroxyl groups excluding tert-OH is 1. The number of hydrogen-bond donors (Lipinski definition) is 2. The number of benzene rings is 1. The third-order valence-corrected chi connectivity index (χ3v) is 4.54. The Balaban J connectivity index is 1.92. The van der Waals surface area contributed by atoms with Crippen LogP contribution in [0.3, 0.4) is 0 Å². The van der Waals surface area contributed by atoms with Crippen LogP contribution in [-0.4, -0.2) is 24.8 Å². The van der Waals surface area contributed by atoms with Gasteiger partial charge in [-0.05, 0) is 36.0 Å². The van der Waals surface area contributed by atoms with Crippen molar-refractivity contribution in [2.45, 2.75) is 51.7 Å². The summed E-state index contributed by atoms with van der Waals surface area (Å²) in [6, 6.07) is 8.16. The molecule has 0 aliphatic heterocycles. The van der Waals surface area contributed by atoms with Gasteiger partial charge in [-0.25, -0.2) is 0 Å². The Morgan fingerprint density at radius 1 is 1.40 bits per heavy atom. The largest absolute Gasteiger partial charge is 0.497 e. The fraction of sp³-hybridized carbons (Fsp3) is 0.647. The van der Waals surface area contributed by atoms with E-state index in [4.69, 9.17) is 4.74 Å². The highest BCUT2D eigenvalue weighted by molar-refractivity contribution is 5.29. The van der Waals surface area contributed by atoms with Gasteiger partial charge >= 0.3 is 0 Å². The number of ether oxygens (including phenoxy) is 1. The first-order valence-electron chi connectivity index (χ1n) is 7.58. The first kappa shape index (κ1) is 15.3. The van der Waals surface area contributed by atoms with E-state index in [1.807, 2.05) is 24.3 Å². The SMILES string of the molecule is COc1cccc(C(O)CNC2CCCCC2(C)C)c1. The van der Waals surface area contributed by atoms with Gasteiger partial charge in [0.2, 0.25) is 0 Å². The summed E-state index contributed by atoms with van der Waals surface area (Å²) >= 11 is 0. The zero-order chi connectivity index (χ0) is 14.6. The quantitative estimate of drug-likeness (QED) is 0.868. The summed E-state index contributed by atoms with van der Waals surface area (Å²) in [5.41, 5.74) is 1.23. The van der Waals surface area contributed by atoms with E-state index in [0.29, 0.717) is 18.0 Å². The lowest BCUT2D eigenvalue weighted by molar-refractivity contribution is 0.126. The van der Waals surface area contributed by atoms with Crippen LogP contribution in [0.1, 0.15) is 51.2 Å². The molecule has 0 bridgehead atoms. The van der Waals surface area contributed by atoms with Crippen LogP contribution < -0.4 is 10.1 Å². The van der Waals surface area contributed by atoms with Gasteiger partial charge in [-0.3, -0.25) is 0 Å². The molecule has 1 aliphatic carbocycles. The molecule has 1 saturated carbocycles. The molecule has 3 heteroatoms. The molecule has 1 fully saturated rings. The van der Waals surface area contributed by atoms with E-state index in [9.17, 15) is 5.11 Å². The summed E-state index contributed by atoms with van der Waals surface area (Å²) in [7, 11) is 1.65. The molecular weight excluding hydrogens is 250 g/mol. The van der Waals surface area contributed by atoms with E-state index in [1.165, 1.54) is 25.7 Å². The fourth-order valence-corrected chi connectivity index (χ4v) is 3.09. The molecule has 3 nitrogen and oxygen atoms in total. The van der Waals surface area contributed by atoms with Gasteiger partial charge in [-0.1, -0.05) is 38.8 Å². The van der Waals surface area contributed by atoms with Crippen LogP contribution in [0, 0.1) is 5.41 Å². The van der Waals surface area contributed by atoms with Crippen molar-refractivity contribution in [2.24, 2.45) is 5.41 Å². The molecule has 112 valence electrons. The maximum absolute atomic E-state index is 10.3. The van der Waals surface area contributed by atoms with Gasteiger partial charge in [0, 0.05) is 12.6 Å². The first-order valence-corrected chi connectivity index (χ1v) is 7.58.